The molecule has 0 saturated heterocycles. The summed E-state index contributed by atoms with van der Waals surface area (Å²) in [6.07, 6.45) is 4.62. The average molecular weight is 282 g/mol. The SMILES string of the molecule is CN(C(=O)c1ccc(=O)[nH]c1)[C@@H]1CCCc2ccccc21. The Morgan fingerprint density at radius 2 is 2.05 bits per heavy atom. The van der Waals surface area contributed by atoms with Gasteiger partial charge in [0.15, 0.2) is 0 Å². The Morgan fingerprint density at radius 1 is 1.24 bits per heavy atom. The molecule has 1 heterocycles. The van der Waals surface area contributed by atoms with Crippen molar-refractivity contribution in [1.82, 2.24) is 9.88 Å². The molecular weight excluding hydrogens is 264 g/mol. The molecule has 4 nitrogen and oxygen atoms in total. The second-order valence-electron chi connectivity index (χ2n) is 5.46. The Hall–Kier alpha value is -2.36. The van der Waals surface area contributed by atoms with Gasteiger partial charge >= 0.3 is 0 Å². The Bertz CT molecular complexity index is 700. The van der Waals surface area contributed by atoms with Gasteiger partial charge in [-0.1, -0.05) is 24.3 Å². The van der Waals surface area contributed by atoms with Gasteiger partial charge in [0.2, 0.25) is 5.56 Å². The number of aryl methyl sites for hydroxylation is 1. The van der Waals surface area contributed by atoms with Crippen LogP contribution in [-0.2, 0) is 6.42 Å². The molecule has 1 atom stereocenters. The molecule has 108 valence electrons. The second-order valence-corrected chi connectivity index (χ2v) is 5.46. The van der Waals surface area contributed by atoms with Crippen molar-refractivity contribution in [2.24, 2.45) is 0 Å². The third-order valence-electron chi connectivity index (χ3n) is 4.16. The van der Waals surface area contributed by atoms with E-state index in [1.54, 1.807) is 11.0 Å². The number of nitrogens with one attached hydrogen (secondary N) is 1. The van der Waals surface area contributed by atoms with Crippen molar-refractivity contribution in [2.45, 2.75) is 25.3 Å². The molecule has 1 aromatic carbocycles. The van der Waals surface area contributed by atoms with E-state index in [0.717, 1.165) is 19.3 Å². The lowest BCUT2D eigenvalue weighted by molar-refractivity contribution is 0.0714. The van der Waals surface area contributed by atoms with Gasteiger partial charge in [0, 0.05) is 19.3 Å². The van der Waals surface area contributed by atoms with Crippen molar-refractivity contribution in [3.05, 3.63) is 69.6 Å². The molecule has 1 aliphatic carbocycles. The van der Waals surface area contributed by atoms with E-state index in [9.17, 15) is 9.59 Å². The summed E-state index contributed by atoms with van der Waals surface area (Å²) >= 11 is 0. The van der Waals surface area contributed by atoms with Crippen molar-refractivity contribution in [3.63, 3.8) is 0 Å². The molecule has 1 aliphatic rings. The molecule has 1 amide bonds. The van der Waals surface area contributed by atoms with E-state index in [1.807, 2.05) is 19.2 Å². The molecule has 0 unspecified atom stereocenters. The summed E-state index contributed by atoms with van der Waals surface area (Å²) in [7, 11) is 1.83. The highest BCUT2D eigenvalue weighted by molar-refractivity contribution is 5.94. The maximum absolute atomic E-state index is 12.6. The van der Waals surface area contributed by atoms with E-state index >= 15 is 0 Å². The number of rotatable bonds is 2. The van der Waals surface area contributed by atoms with Crippen LogP contribution in [0.5, 0.6) is 0 Å². The van der Waals surface area contributed by atoms with E-state index < -0.39 is 0 Å². The van der Waals surface area contributed by atoms with Gasteiger partial charge in [0.25, 0.3) is 5.91 Å². The zero-order chi connectivity index (χ0) is 14.8. The Labute approximate surface area is 123 Å². The van der Waals surface area contributed by atoms with Crippen LogP contribution in [0.3, 0.4) is 0 Å². The predicted octanol–water partition coefficient (Wildman–Crippen LogP) is 2.52. The molecule has 0 bridgehead atoms. The Morgan fingerprint density at radius 3 is 2.81 bits per heavy atom. The highest BCUT2D eigenvalue weighted by atomic mass is 16.2. The zero-order valence-electron chi connectivity index (χ0n) is 12.0. The molecule has 1 aromatic heterocycles. The van der Waals surface area contributed by atoms with Crippen LogP contribution < -0.4 is 5.56 Å². The van der Waals surface area contributed by atoms with Crippen molar-refractivity contribution < 1.29 is 4.79 Å². The minimum Gasteiger partial charge on any atom is -0.335 e. The third kappa shape index (κ3) is 2.61. The van der Waals surface area contributed by atoms with Gasteiger partial charge in [-0.25, -0.2) is 0 Å². The van der Waals surface area contributed by atoms with Crippen LogP contribution in [0.2, 0.25) is 0 Å². The molecule has 0 aliphatic heterocycles. The smallest absolute Gasteiger partial charge is 0.255 e. The molecule has 0 radical (unpaired) electrons. The Balaban J connectivity index is 1.89. The number of hydrogen-bond acceptors (Lipinski definition) is 2. The number of benzene rings is 1. The molecule has 0 saturated carbocycles. The number of aromatic nitrogens is 1. The fourth-order valence-electron chi connectivity index (χ4n) is 3.02. The highest BCUT2D eigenvalue weighted by Gasteiger charge is 2.27. The van der Waals surface area contributed by atoms with Crippen LogP contribution in [-0.4, -0.2) is 22.8 Å². The molecule has 4 heteroatoms. The van der Waals surface area contributed by atoms with Crippen molar-refractivity contribution >= 4 is 5.91 Å². The monoisotopic (exact) mass is 282 g/mol. The van der Waals surface area contributed by atoms with Crippen molar-refractivity contribution in [1.29, 1.82) is 0 Å². The second kappa shape index (κ2) is 5.56. The predicted molar refractivity (Wildman–Crippen MR) is 81.3 cm³/mol. The average Bonchev–Trinajstić information content (AvgIpc) is 2.53. The lowest BCUT2D eigenvalue weighted by Gasteiger charge is -2.33. The number of aromatic amines is 1. The number of nitrogens with zero attached hydrogens (tertiary/aromatic N) is 1. The number of H-pyrrole nitrogens is 1. The van der Waals surface area contributed by atoms with Crippen LogP contribution in [0.25, 0.3) is 0 Å². The summed E-state index contributed by atoms with van der Waals surface area (Å²) in [6.45, 7) is 0. The van der Waals surface area contributed by atoms with E-state index in [-0.39, 0.29) is 17.5 Å². The Kier molecular flexibility index (Phi) is 3.60. The number of carbonyl (C=O) groups is 1. The first-order chi connectivity index (χ1) is 10.2. The quantitative estimate of drug-likeness (QED) is 0.920. The topological polar surface area (TPSA) is 53.2 Å². The van der Waals surface area contributed by atoms with Gasteiger partial charge in [0.1, 0.15) is 0 Å². The summed E-state index contributed by atoms with van der Waals surface area (Å²) in [5.74, 6) is -0.0621. The lowest BCUT2D eigenvalue weighted by atomic mass is 9.87. The molecule has 1 N–H and O–H groups in total. The van der Waals surface area contributed by atoms with E-state index in [4.69, 9.17) is 0 Å². The van der Waals surface area contributed by atoms with Gasteiger partial charge in [-0.05, 0) is 36.5 Å². The number of fused-ring (bicyclic) bond motifs is 1. The van der Waals surface area contributed by atoms with Gasteiger partial charge in [0.05, 0.1) is 11.6 Å². The molecular formula is C17H18N2O2. The minimum atomic E-state index is -0.197. The molecule has 0 spiro atoms. The van der Waals surface area contributed by atoms with Gasteiger partial charge in [-0.15, -0.1) is 0 Å². The summed E-state index contributed by atoms with van der Waals surface area (Å²) in [5, 5.41) is 0. The highest BCUT2D eigenvalue weighted by Crippen LogP contribution is 2.33. The van der Waals surface area contributed by atoms with Gasteiger partial charge in [-0.3, -0.25) is 9.59 Å². The largest absolute Gasteiger partial charge is 0.335 e. The summed E-state index contributed by atoms with van der Waals surface area (Å²) in [6, 6.07) is 11.4. The number of carbonyl (C=O) groups excluding carboxylic acids is 1. The fraction of sp³-hybridized carbons (Fsp3) is 0.294. The van der Waals surface area contributed by atoms with Crippen molar-refractivity contribution in [3.8, 4) is 0 Å². The van der Waals surface area contributed by atoms with Crippen LogP contribution in [0.15, 0.2) is 47.4 Å². The third-order valence-corrected chi connectivity index (χ3v) is 4.16. The number of amides is 1. The fourth-order valence-corrected chi connectivity index (χ4v) is 3.02. The maximum Gasteiger partial charge on any atom is 0.255 e. The minimum absolute atomic E-state index is 0.0621. The summed E-state index contributed by atoms with van der Waals surface area (Å²) in [4.78, 5) is 28.0. The van der Waals surface area contributed by atoms with Crippen LogP contribution >= 0.6 is 0 Å². The standard InChI is InChI=1S/C17H18N2O2/c1-19(17(21)13-9-10-16(20)18-11-13)15-8-4-6-12-5-2-3-7-14(12)15/h2-3,5,7,9-11,15H,4,6,8H2,1H3,(H,18,20)/t15-/m1/s1. The van der Waals surface area contributed by atoms with Crippen molar-refractivity contribution in [2.75, 3.05) is 7.05 Å². The molecule has 2 aromatic rings. The van der Waals surface area contributed by atoms with Gasteiger partial charge in [-0.2, -0.15) is 0 Å². The molecule has 0 fully saturated rings. The first kappa shape index (κ1) is 13.6. The first-order valence-corrected chi connectivity index (χ1v) is 7.20. The lowest BCUT2D eigenvalue weighted by Crippen LogP contribution is -2.33. The normalized spacial score (nSPS) is 17.1. The number of hydrogen-bond donors (Lipinski definition) is 1. The first-order valence-electron chi connectivity index (χ1n) is 7.20. The van der Waals surface area contributed by atoms with Crippen LogP contribution in [0.4, 0.5) is 0 Å². The van der Waals surface area contributed by atoms with E-state index in [1.165, 1.54) is 23.4 Å². The maximum atomic E-state index is 12.6. The van der Waals surface area contributed by atoms with Gasteiger partial charge < -0.3 is 9.88 Å². The van der Waals surface area contributed by atoms with E-state index in [2.05, 4.69) is 17.1 Å². The van der Waals surface area contributed by atoms with Crippen LogP contribution in [0, 0.1) is 0 Å². The number of pyridine rings is 1. The molecule has 21 heavy (non-hydrogen) atoms. The van der Waals surface area contributed by atoms with Crippen LogP contribution in [0.1, 0.15) is 40.4 Å². The zero-order valence-corrected chi connectivity index (χ0v) is 12.0. The summed E-state index contributed by atoms with van der Waals surface area (Å²) < 4.78 is 0. The summed E-state index contributed by atoms with van der Waals surface area (Å²) in [5.41, 5.74) is 2.89. The molecule has 3 rings (SSSR count). The van der Waals surface area contributed by atoms with E-state index in [0.29, 0.717) is 5.56 Å².